The second-order valence-corrected chi connectivity index (χ2v) is 5.92. The van der Waals surface area contributed by atoms with Gasteiger partial charge in [0.15, 0.2) is 11.5 Å². The van der Waals surface area contributed by atoms with Crippen molar-refractivity contribution in [2.75, 3.05) is 41.0 Å². The minimum Gasteiger partial charge on any atom is -0.493 e. The average molecular weight is 357 g/mol. The maximum atomic E-state index is 13.2. The summed E-state index contributed by atoms with van der Waals surface area (Å²) in [6.45, 7) is 2.03. The molecule has 1 unspecified atom stereocenters. The molecule has 2 aromatic rings. The van der Waals surface area contributed by atoms with E-state index < -0.39 is 0 Å². The molecule has 0 radical (unpaired) electrons. The number of nitrogens with one attached hydrogen (secondary N) is 1. The van der Waals surface area contributed by atoms with Gasteiger partial charge in [-0.2, -0.15) is 0 Å². The Morgan fingerprint density at radius 1 is 1.19 bits per heavy atom. The molecule has 0 saturated carbocycles. The number of nitrogens with zero attached hydrogens (tertiary/aromatic N) is 2. The first-order valence-electron chi connectivity index (χ1n) is 8.41. The van der Waals surface area contributed by atoms with Crippen LogP contribution in [0.25, 0.3) is 0 Å². The number of ether oxygens (including phenoxy) is 3. The number of amides is 1. The summed E-state index contributed by atoms with van der Waals surface area (Å²) >= 11 is 0. The van der Waals surface area contributed by atoms with E-state index in [4.69, 9.17) is 14.2 Å². The lowest BCUT2D eigenvalue weighted by atomic mass is 10.0. The molecule has 1 fully saturated rings. The van der Waals surface area contributed by atoms with Gasteiger partial charge in [0.25, 0.3) is 5.91 Å². The molecule has 1 saturated heterocycles. The number of carbonyl (C=O) groups is 1. The lowest BCUT2D eigenvalue weighted by molar-refractivity contribution is 0.0633. The van der Waals surface area contributed by atoms with E-state index in [1.165, 1.54) is 21.3 Å². The fraction of sp³-hybridized carbons (Fsp3) is 0.368. The van der Waals surface area contributed by atoms with Gasteiger partial charge < -0.3 is 24.4 Å². The molecule has 1 aromatic heterocycles. The van der Waals surface area contributed by atoms with Gasteiger partial charge in [-0.25, -0.2) is 0 Å². The Morgan fingerprint density at radius 2 is 1.92 bits per heavy atom. The number of piperazine rings is 1. The molecule has 26 heavy (non-hydrogen) atoms. The topological polar surface area (TPSA) is 72.9 Å². The van der Waals surface area contributed by atoms with Gasteiger partial charge in [0.05, 0.1) is 27.4 Å². The highest BCUT2D eigenvalue weighted by Crippen LogP contribution is 2.39. The van der Waals surface area contributed by atoms with Crippen molar-refractivity contribution < 1.29 is 19.0 Å². The second-order valence-electron chi connectivity index (χ2n) is 5.92. The van der Waals surface area contributed by atoms with E-state index in [0.29, 0.717) is 35.9 Å². The molecular formula is C19H23N3O4. The van der Waals surface area contributed by atoms with E-state index >= 15 is 0 Å². The summed E-state index contributed by atoms with van der Waals surface area (Å²) in [4.78, 5) is 19.3. The molecule has 1 aliphatic heterocycles. The van der Waals surface area contributed by atoms with Crippen molar-refractivity contribution in [2.24, 2.45) is 0 Å². The molecule has 1 amide bonds. The summed E-state index contributed by atoms with van der Waals surface area (Å²) in [5.74, 6) is 1.31. The van der Waals surface area contributed by atoms with Crippen LogP contribution in [0.15, 0.2) is 36.7 Å². The van der Waals surface area contributed by atoms with E-state index in [2.05, 4.69) is 10.3 Å². The normalized spacial score (nSPS) is 16.9. The Labute approximate surface area is 152 Å². The Bertz CT molecular complexity index is 742. The molecular weight excluding hydrogens is 334 g/mol. The Kier molecular flexibility index (Phi) is 5.58. The summed E-state index contributed by atoms with van der Waals surface area (Å²) in [6, 6.07) is 7.16. The Balaban J connectivity index is 1.96. The lowest BCUT2D eigenvalue weighted by Crippen LogP contribution is -2.48. The molecule has 3 rings (SSSR count). The number of hydrogen-bond donors (Lipinski definition) is 1. The highest BCUT2D eigenvalue weighted by molar-refractivity contribution is 5.96. The van der Waals surface area contributed by atoms with Crippen molar-refractivity contribution in [3.8, 4) is 17.2 Å². The first-order valence-corrected chi connectivity index (χ1v) is 8.41. The van der Waals surface area contributed by atoms with Gasteiger partial charge in [-0.1, -0.05) is 6.07 Å². The maximum absolute atomic E-state index is 13.2. The van der Waals surface area contributed by atoms with Crippen LogP contribution in [0.1, 0.15) is 22.0 Å². The molecule has 1 N–H and O–H groups in total. The number of methoxy groups -OCH3 is 3. The number of pyridine rings is 1. The fourth-order valence-corrected chi connectivity index (χ4v) is 3.19. The third-order valence-corrected chi connectivity index (χ3v) is 4.49. The number of rotatable bonds is 5. The molecule has 2 heterocycles. The first-order chi connectivity index (χ1) is 12.7. The standard InChI is InChI=1S/C19H23N3O4/c1-24-16-9-14(10-17(25-2)18(16)26-3)19(23)22-8-7-21-12-15(22)13-5-4-6-20-11-13/h4-6,9-11,15,21H,7-8,12H2,1-3H3. The highest BCUT2D eigenvalue weighted by atomic mass is 16.5. The SMILES string of the molecule is COc1cc(C(=O)N2CCNCC2c2cccnc2)cc(OC)c1OC. The molecule has 0 bridgehead atoms. The molecule has 7 heteroatoms. The van der Waals surface area contributed by atoms with Crippen molar-refractivity contribution >= 4 is 5.91 Å². The average Bonchev–Trinajstić information content (AvgIpc) is 2.72. The van der Waals surface area contributed by atoms with Crippen LogP contribution in [-0.2, 0) is 0 Å². The zero-order chi connectivity index (χ0) is 18.5. The highest BCUT2D eigenvalue weighted by Gasteiger charge is 2.30. The number of carbonyl (C=O) groups excluding carboxylic acids is 1. The minimum absolute atomic E-state index is 0.0796. The van der Waals surface area contributed by atoms with E-state index in [-0.39, 0.29) is 11.9 Å². The first kappa shape index (κ1) is 18.0. The zero-order valence-corrected chi connectivity index (χ0v) is 15.2. The van der Waals surface area contributed by atoms with E-state index in [0.717, 1.165) is 12.1 Å². The summed E-state index contributed by atoms with van der Waals surface area (Å²) < 4.78 is 16.1. The van der Waals surface area contributed by atoms with Gasteiger partial charge in [-0.05, 0) is 23.8 Å². The predicted molar refractivity (Wildman–Crippen MR) is 97.0 cm³/mol. The number of hydrogen-bond acceptors (Lipinski definition) is 6. The molecule has 138 valence electrons. The summed E-state index contributed by atoms with van der Waals surface area (Å²) in [6.07, 6.45) is 3.53. The molecule has 0 aliphatic carbocycles. The maximum Gasteiger partial charge on any atom is 0.254 e. The number of aromatic nitrogens is 1. The predicted octanol–water partition coefficient (Wildman–Crippen LogP) is 1.89. The lowest BCUT2D eigenvalue weighted by Gasteiger charge is -2.36. The van der Waals surface area contributed by atoms with Crippen molar-refractivity contribution in [3.63, 3.8) is 0 Å². The fourth-order valence-electron chi connectivity index (χ4n) is 3.19. The van der Waals surface area contributed by atoms with Crippen molar-refractivity contribution in [1.29, 1.82) is 0 Å². The van der Waals surface area contributed by atoms with Crippen molar-refractivity contribution in [1.82, 2.24) is 15.2 Å². The Hall–Kier alpha value is -2.80. The van der Waals surface area contributed by atoms with Crippen molar-refractivity contribution in [3.05, 3.63) is 47.8 Å². The van der Waals surface area contributed by atoms with Crippen LogP contribution in [-0.4, -0.2) is 56.8 Å². The third kappa shape index (κ3) is 3.43. The molecule has 1 aliphatic rings. The molecule has 0 spiro atoms. The van der Waals surface area contributed by atoms with Crippen LogP contribution in [0.3, 0.4) is 0 Å². The van der Waals surface area contributed by atoms with E-state index in [9.17, 15) is 4.79 Å². The van der Waals surface area contributed by atoms with Crippen LogP contribution in [0.2, 0.25) is 0 Å². The van der Waals surface area contributed by atoms with Crippen molar-refractivity contribution in [2.45, 2.75) is 6.04 Å². The van der Waals surface area contributed by atoms with Crippen LogP contribution in [0.4, 0.5) is 0 Å². The number of benzene rings is 1. The van der Waals surface area contributed by atoms with Crippen LogP contribution < -0.4 is 19.5 Å². The van der Waals surface area contributed by atoms with Gasteiger partial charge in [-0.3, -0.25) is 9.78 Å². The molecule has 7 nitrogen and oxygen atoms in total. The van der Waals surface area contributed by atoms with Gasteiger partial charge in [0.2, 0.25) is 5.75 Å². The van der Waals surface area contributed by atoms with Crippen LogP contribution in [0, 0.1) is 0 Å². The van der Waals surface area contributed by atoms with E-state index in [1.807, 2.05) is 17.0 Å². The molecule has 1 aromatic carbocycles. The largest absolute Gasteiger partial charge is 0.493 e. The van der Waals surface area contributed by atoms with Crippen LogP contribution >= 0.6 is 0 Å². The van der Waals surface area contributed by atoms with E-state index in [1.54, 1.807) is 24.5 Å². The monoisotopic (exact) mass is 357 g/mol. The second kappa shape index (κ2) is 8.05. The third-order valence-electron chi connectivity index (χ3n) is 4.49. The van der Waals surface area contributed by atoms with Crippen LogP contribution in [0.5, 0.6) is 17.2 Å². The molecule has 1 atom stereocenters. The van der Waals surface area contributed by atoms with Gasteiger partial charge in [0, 0.05) is 37.6 Å². The zero-order valence-electron chi connectivity index (χ0n) is 15.2. The summed E-state index contributed by atoms with van der Waals surface area (Å²) in [7, 11) is 4.61. The Morgan fingerprint density at radius 3 is 2.50 bits per heavy atom. The van der Waals surface area contributed by atoms with Gasteiger partial charge >= 0.3 is 0 Å². The quantitative estimate of drug-likeness (QED) is 0.881. The smallest absolute Gasteiger partial charge is 0.254 e. The summed E-state index contributed by atoms with van der Waals surface area (Å²) in [5.41, 5.74) is 1.50. The van der Waals surface area contributed by atoms with Gasteiger partial charge in [0.1, 0.15) is 0 Å². The summed E-state index contributed by atoms with van der Waals surface area (Å²) in [5, 5.41) is 3.34. The minimum atomic E-state index is -0.0837. The van der Waals surface area contributed by atoms with Gasteiger partial charge in [-0.15, -0.1) is 0 Å².